The average molecular weight is 291 g/mol. The zero-order chi connectivity index (χ0) is 17.8. The fourth-order valence-electron chi connectivity index (χ4n) is 0.521. The van der Waals surface area contributed by atoms with Gasteiger partial charge in [-0.2, -0.15) is 0 Å². The molecule has 0 heterocycles. The molecule has 0 radical (unpaired) electrons. The Bertz CT molecular complexity index is 217. The van der Waals surface area contributed by atoms with Crippen molar-refractivity contribution in [2.24, 2.45) is 0 Å². The Kier molecular flexibility index (Phi) is 95.6. The predicted molar refractivity (Wildman–Crippen MR) is 106 cm³/mol. The first-order chi connectivity index (χ1) is 10.3. The van der Waals surface area contributed by atoms with E-state index in [1.807, 2.05) is 89.2 Å². The highest BCUT2D eigenvalue weighted by molar-refractivity contribution is 4.99. The zero-order valence-electron chi connectivity index (χ0n) is 15.3. The first-order valence-electron chi connectivity index (χ1n) is 7.68. The van der Waals surface area contributed by atoms with E-state index in [0.717, 1.165) is 6.42 Å². The van der Waals surface area contributed by atoms with Gasteiger partial charge in [-0.25, -0.2) is 0 Å². The highest BCUT2D eigenvalue weighted by atomic mass is 13.6. The van der Waals surface area contributed by atoms with Crippen LogP contribution in [0.4, 0.5) is 0 Å². The molecule has 0 aromatic heterocycles. The third-order valence-corrected chi connectivity index (χ3v) is 1.28. The molecule has 1 aromatic rings. The Labute approximate surface area is 135 Å². The maximum Gasteiger partial charge on any atom is -0.0382 e. The Morgan fingerprint density at radius 3 is 1.05 bits per heavy atom. The van der Waals surface area contributed by atoms with Gasteiger partial charge in [0.1, 0.15) is 0 Å². The molecule has 21 heavy (non-hydrogen) atoms. The smallest absolute Gasteiger partial charge is 0.0382 e. The molecule has 0 nitrogen and oxygen atoms in total. The fourth-order valence-corrected chi connectivity index (χ4v) is 0.521. The number of rotatable bonds is 2. The highest BCUT2D eigenvalue weighted by Gasteiger charge is 1.57. The molecular formula is C21H38. The molecule has 0 saturated heterocycles. The molecule has 0 amide bonds. The van der Waals surface area contributed by atoms with Gasteiger partial charge in [0.15, 0.2) is 0 Å². The predicted octanol–water partition coefficient (Wildman–Crippen LogP) is 7.87. The molecule has 1 rings (SSSR count). The second kappa shape index (κ2) is 63.7. The highest BCUT2D eigenvalue weighted by Crippen LogP contribution is 1.79. The van der Waals surface area contributed by atoms with E-state index in [9.17, 15) is 0 Å². The summed E-state index contributed by atoms with van der Waals surface area (Å²) in [5.74, 6) is 0. The normalized spacial score (nSPS) is 6.38. The Morgan fingerprint density at radius 1 is 0.762 bits per heavy atom. The maximum absolute atomic E-state index is 3.48. The summed E-state index contributed by atoms with van der Waals surface area (Å²) in [6.07, 6.45) is 8.53. The van der Waals surface area contributed by atoms with Gasteiger partial charge in [0, 0.05) is 0 Å². The van der Waals surface area contributed by atoms with Crippen LogP contribution in [-0.2, 0) is 0 Å². The summed E-state index contributed by atoms with van der Waals surface area (Å²) in [5.41, 5.74) is 0. The molecule has 0 bridgehead atoms. The topological polar surface area (TPSA) is 0 Å². The molecule has 0 N–H and O–H groups in total. The van der Waals surface area contributed by atoms with Gasteiger partial charge in [-0.1, -0.05) is 102 Å². The summed E-state index contributed by atoms with van der Waals surface area (Å²) in [4.78, 5) is 0. The molecule has 0 aliphatic heterocycles. The van der Waals surface area contributed by atoms with Gasteiger partial charge in [0.05, 0.1) is 0 Å². The van der Waals surface area contributed by atoms with E-state index in [2.05, 4.69) is 33.2 Å². The van der Waals surface area contributed by atoms with Crippen LogP contribution in [0.1, 0.15) is 48.0 Å². The summed E-state index contributed by atoms with van der Waals surface area (Å²) >= 11 is 0. The molecule has 122 valence electrons. The molecule has 0 fully saturated rings. The van der Waals surface area contributed by atoms with Crippen molar-refractivity contribution in [2.75, 3.05) is 0 Å². The van der Waals surface area contributed by atoms with E-state index in [1.54, 1.807) is 6.08 Å². The molecule has 0 atom stereocenters. The molecule has 0 unspecified atom stereocenters. The van der Waals surface area contributed by atoms with Crippen LogP contribution in [-0.4, -0.2) is 0 Å². The van der Waals surface area contributed by atoms with E-state index in [4.69, 9.17) is 0 Å². The largest absolute Gasteiger partial charge is 0.106 e. The fraction of sp³-hybridized carbons (Fsp3) is 0.333. The Balaban J connectivity index is -0.0000000525. The van der Waals surface area contributed by atoms with E-state index in [1.165, 1.54) is 0 Å². The number of hydrogen-bond donors (Lipinski definition) is 0. The summed E-state index contributed by atoms with van der Waals surface area (Å²) in [6.45, 7) is 25.0. The monoisotopic (exact) mass is 290 g/mol. The van der Waals surface area contributed by atoms with Crippen LogP contribution < -0.4 is 0 Å². The van der Waals surface area contributed by atoms with Crippen molar-refractivity contribution in [1.29, 1.82) is 0 Å². The van der Waals surface area contributed by atoms with Crippen LogP contribution in [0.2, 0.25) is 0 Å². The first-order valence-corrected chi connectivity index (χ1v) is 7.68. The maximum atomic E-state index is 3.48. The molecule has 0 aliphatic rings. The number of hydrogen-bond acceptors (Lipinski definition) is 0. The molecule has 1 aromatic carbocycles. The van der Waals surface area contributed by atoms with Crippen LogP contribution in [0.15, 0.2) is 87.0 Å². The lowest BCUT2D eigenvalue weighted by atomic mass is 10.4. The van der Waals surface area contributed by atoms with Gasteiger partial charge < -0.3 is 0 Å². The Morgan fingerprint density at radius 2 is 1.00 bits per heavy atom. The van der Waals surface area contributed by atoms with Crippen molar-refractivity contribution in [3.8, 4) is 0 Å². The Hall–Kier alpha value is -1.82. The van der Waals surface area contributed by atoms with Crippen LogP contribution in [0.3, 0.4) is 0 Å². The minimum Gasteiger partial charge on any atom is -0.106 e. The minimum absolute atomic E-state index is 1.08. The van der Waals surface area contributed by atoms with Crippen molar-refractivity contribution in [1.82, 2.24) is 0 Å². The van der Waals surface area contributed by atoms with Crippen molar-refractivity contribution in [2.45, 2.75) is 48.0 Å². The third kappa shape index (κ3) is 92.3. The van der Waals surface area contributed by atoms with Crippen LogP contribution in [0.5, 0.6) is 0 Å². The van der Waals surface area contributed by atoms with Gasteiger partial charge >= 0.3 is 0 Å². The van der Waals surface area contributed by atoms with E-state index < -0.39 is 0 Å². The van der Waals surface area contributed by atoms with Crippen LogP contribution in [0, 0.1) is 0 Å². The summed E-state index contributed by atoms with van der Waals surface area (Å²) < 4.78 is 0. The van der Waals surface area contributed by atoms with Crippen molar-refractivity contribution < 1.29 is 0 Å². The number of benzene rings is 1. The average Bonchev–Trinajstić information content (AvgIpc) is 2.63. The molecule has 0 spiro atoms. The summed E-state index contributed by atoms with van der Waals surface area (Å²) in [5, 5.41) is 0. The lowest BCUT2D eigenvalue weighted by molar-refractivity contribution is 1.23. The number of allylic oxidation sites excluding steroid dienone is 4. The zero-order valence-corrected chi connectivity index (χ0v) is 15.3. The second-order valence-electron chi connectivity index (χ2n) is 2.61. The van der Waals surface area contributed by atoms with Gasteiger partial charge in [-0.05, 0) is 13.3 Å². The van der Waals surface area contributed by atoms with Crippen molar-refractivity contribution in [3.63, 3.8) is 0 Å². The quantitative estimate of drug-likeness (QED) is 0.384. The second-order valence-corrected chi connectivity index (χ2v) is 2.61. The van der Waals surface area contributed by atoms with Gasteiger partial charge in [0.25, 0.3) is 0 Å². The molecule has 0 aliphatic carbocycles. The van der Waals surface area contributed by atoms with Crippen molar-refractivity contribution >= 4 is 0 Å². The van der Waals surface area contributed by atoms with E-state index in [-0.39, 0.29) is 0 Å². The SMILES string of the molecule is C=C.C=C/C=C/C.C=CCC.CC.CC.c1ccccc1. The van der Waals surface area contributed by atoms with Gasteiger partial charge in [-0.15, -0.1) is 19.7 Å². The lowest BCUT2D eigenvalue weighted by Gasteiger charge is -1.69. The molecule has 0 saturated carbocycles. The lowest BCUT2D eigenvalue weighted by Crippen LogP contribution is -1.47. The standard InChI is InChI=1S/C6H6.C5H8.C4H8.2C2H6.C2H4/c1-2-4-6-5-3-1;1-3-5-4-2;1-3-4-2;3*1-2/h1-6H;3-5H,1H2,2H3;3H,1,4H2,2H3;2*1-2H3;1-2H2/b;5-4+;;;;. The third-order valence-electron chi connectivity index (χ3n) is 1.28. The molecule has 0 heteroatoms. The summed E-state index contributed by atoms with van der Waals surface area (Å²) in [7, 11) is 0. The molecular weight excluding hydrogens is 252 g/mol. The van der Waals surface area contributed by atoms with Crippen molar-refractivity contribution in [3.05, 3.63) is 87.0 Å². The van der Waals surface area contributed by atoms with E-state index >= 15 is 0 Å². The van der Waals surface area contributed by atoms with Crippen LogP contribution in [0.25, 0.3) is 0 Å². The van der Waals surface area contributed by atoms with Gasteiger partial charge in [-0.3, -0.25) is 0 Å². The first kappa shape index (κ1) is 31.5. The van der Waals surface area contributed by atoms with E-state index in [0.29, 0.717) is 0 Å². The minimum atomic E-state index is 1.08. The summed E-state index contributed by atoms with van der Waals surface area (Å²) in [6, 6.07) is 12.0. The van der Waals surface area contributed by atoms with Gasteiger partial charge in [0.2, 0.25) is 0 Å². The van der Waals surface area contributed by atoms with Crippen LogP contribution >= 0.6 is 0 Å².